The zero-order valence-electron chi connectivity index (χ0n) is 14.5. The lowest BCUT2D eigenvalue weighted by Gasteiger charge is -2.26. The molecule has 1 saturated heterocycles. The molecule has 0 saturated carbocycles. The summed E-state index contributed by atoms with van der Waals surface area (Å²) in [5, 5.41) is 7.00. The van der Waals surface area contributed by atoms with Gasteiger partial charge < -0.3 is 14.7 Å². The van der Waals surface area contributed by atoms with Gasteiger partial charge in [0.1, 0.15) is 0 Å². The van der Waals surface area contributed by atoms with E-state index in [1.54, 1.807) is 13.2 Å². The molecule has 0 aromatic carbocycles. The Labute approximate surface area is 138 Å². The molecule has 0 atom stereocenters. The van der Waals surface area contributed by atoms with Crippen molar-refractivity contribution in [3.8, 4) is 0 Å². The van der Waals surface area contributed by atoms with Crippen LogP contribution in [0.15, 0.2) is 18.5 Å². The van der Waals surface area contributed by atoms with Gasteiger partial charge in [0, 0.05) is 45.3 Å². The molecular weight excluding hydrogens is 296 g/mol. The summed E-state index contributed by atoms with van der Waals surface area (Å²) in [5.74, 6) is -0.0177. The molecule has 6 heteroatoms. The second-order valence-corrected chi connectivity index (χ2v) is 5.26. The molecule has 130 valence electrons. The largest absolute Gasteiger partial charge is 0.400 e. The number of methoxy groups -OCH3 is 1. The summed E-state index contributed by atoms with van der Waals surface area (Å²) in [4.78, 5) is 28.4. The third-order valence-electron chi connectivity index (χ3n) is 3.26. The fourth-order valence-corrected chi connectivity index (χ4v) is 1.92. The summed E-state index contributed by atoms with van der Waals surface area (Å²) < 4.78 is 4.75. The van der Waals surface area contributed by atoms with Gasteiger partial charge in [-0.25, -0.2) is 0 Å². The third-order valence-corrected chi connectivity index (χ3v) is 3.26. The van der Waals surface area contributed by atoms with Crippen LogP contribution in [0.25, 0.3) is 0 Å². The summed E-state index contributed by atoms with van der Waals surface area (Å²) in [6.07, 6.45) is 7.38. The van der Waals surface area contributed by atoms with Gasteiger partial charge in [0.05, 0.1) is 11.7 Å². The van der Waals surface area contributed by atoms with Crippen molar-refractivity contribution in [2.75, 3.05) is 27.3 Å². The van der Waals surface area contributed by atoms with E-state index >= 15 is 0 Å². The van der Waals surface area contributed by atoms with Crippen molar-refractivity contribution in [3.63, 3.8) is 0 Å². The number of carbonyl (C=O) groups is 2. The standard InChI is InChI=1S/C12H14N2O2.C4H10O.CH4O/c15-9-10-6-11(8-13-7-10)12(16)14-4-2-1-3-5-14;1-4(2)5-3;1-2/h6-9H,1-5H2;4H,1-3H3;2H,1H3. The first-order valence-electron chi connectivity index (χ1n) is 7.75. The summed E-state index contributed by atoms with van der Waals surface area (Å²) in [7, 11) is 2.70. The first-order chi connectivity index (χ1) is 11.1. The summed E-state index contributed by atoms with van der Waals surface area (Å²) in [6, 6.07) is 1.59. The van der Waals surface area contributed by atoms with Crippen LogP contribution >= 0.6 is 0 Å². The van der Waals surface area contributed by atoms with E-state index in [2.05, 4.69) is 4.98 Å². The molecule has 6 nitrogen and oxygen atoms in total. The van der Waals surface area contributed by atoms with Crippen LogP contribution in [0.5, 0.6) is 0 Å². The second-order valence-electron chi connectivity index (χ2n) is 5.26. The maximum atomic E-state index is 12.0. The fraction of sp³-hybridized carbons (Fsp3) is 0.588. The van der Waals surface area contributed by atoms with E-state index in [9.17, 15) is 9.59 Å². The monoisotopic (exact) mass is 324 g/mol. The van der Waals surface area contributed by atoms with Gasteiger partial charge in [0.25, 0.3) is 5.91 Å². The van der Waals surface area contributed by atoms with Crippen LogP contribution in [-0.2, 0) is 4.74 Å². The van der Waals surface area contributed by atoms with Crippen LogP contribution in [0.3, 0.4) is 0 Å². The van der Waals surface area contributed by atoms with E-state index in [0.29, 0.717) is 23.5 Å². The molecule has 1 aliphatic rings. The molecule has 1 aliphatic heterocycles. The molecule has 0 spiro atoms. The minimum absolute atomic E-state index is 0.0177. The van der Waals surface area contributed by atoms with Gasteiger partial charge >= 0.3 is 0 Å². The average Bonchev–Trinajstić information content (AvgIpc) is 2.64. The molecule has 2 rings (SSSR count). The molecule has 0 unspecified atom stereocenters. The van der Waals surface area contributed by atoms with Crippen LogP contribution in [0.4, 0.5) is 0 Å². The third kappa shape index (κ3) is 8.42. The number of rotatable bonds is 3. The number of carbonyl (C=O) groups excluding carboxylic acids is 2. The molecular formula is C17H28N2O4. The van der Waals surface area contributed by atoms with Gasteiger partial charge in [-0.3, -0.25) is 14.6 Å². The Morgan fingerprint density at radius 3 is 2.30 bits per heavy atom. The van der Waals surface area contributed by atoms with E-state index < -0.39 is 0 Å². The zero-order chi connectivity index (χ0) is 17.7. The molecule has 0 radical (unpaired) electrons. The molecule has 1 aromatic rings. The molecule has 1 N–H and O–H groups in total. The molecule has 2 heterocycles. The predicted molar refractivity (Wildman–Crippen MR) is 89.7 cm³/mol. The number of ether oxygens (including phenoxy) is 1. The van der Waals surface area contributed by atoms with E-state index in [1.165, 1.54) is 18.8 Å². The summed E-state index contributed by atoms with van der Waals surface area (Å²) in [6.45, 7) is 5.62. The second kappa shape index (κ2) is 12.7. The van der Waals surface area contributed by atoms with Crippen molar-refractivity contribution in [2.24, 2.45) is 0 Å². The number of hydrogen-bond donors (Lipinski definition) is 1. The van der Waals surface area contributed by atoms with Crippen molar-refractivity contribution >= 4 is 12.2 Å². The highest BCUT2D eigenvalue weighted by Gasteiger charge is 2.18. The number of aliphatic hydroxyl groups is 1. The smallest absolute Gasteiger partial charge is 0.255 e. The van der Waals surface area contributed by atoms with Crippen molar-refractivity contribution in [1.82, 2.24) is 9.88 Å². The number of piperidine rings is 1. The quantitative estimate of drug-likeness (QED) is 0.862. The van der Waals surface area contributed by atoms with Gasteiger partial charge in [-0.05, 0) is 39.2 Å². The van der Waals surface area contributed by atoms with E-state index in [4.69, 9.17) is 9.84 Å². The summed E-state index contributed by atoms with van der Waals surface area (Å²) in [5.41, 5.74) is 0.953. The molecule has 1 fully saturated rings. The van der Waals surface area contributed by atoms with Crippen LogP contribution in [0, 0.1) is 0 Å². The number of pyridine rings is 1. The molecule has 1 aromatic heterocycles. The number of aromatic nitrogens is 1. The van der Waals surface area contributed by atoms with Gasteiger partial charge in [0.2, 0.25) is 0 Å². The van der Waals surface area contributed by atoms with Crippen LogP contribution in [0.1, 0.15) is 53.8 Å². The minimum atomic E-state index is -0.0177. The Kier molecular flexibility index (Phi) is 11.7. The number of hydrogen-bond acceptors (Lipinski definition) is 5. The van der Waals surface area contributed by atoms with Gasteiger partial charge in [0.15, 0.2) is 6.29 Å². The van der Waals surface area contributed by atoms with E-state index in [1.807, 2.05) is 18.7 Å². The lowest BCUT2D eigenvalue weighted by Crippen LogP contribution is -2.35. The van der Waals surface area contributed by atoms with E-state index in [0.717, 1.165) is 33.0 Å². The fourth-order valence-electron chi connectivity index (χ4n) is 1.92. The predicted octanol–water partition coefficient (Wildman–Crippen LogP) is 2.17. The Balaban J connectivity index is 0.000000594. The van der Waals surface area contributed by atoms with E-state index in [-0.39, 0.29) is 5.91 Å². The van der Waals surface area contributed by atoms with Crippen LogP contribution in [0.2, 0.25) is 0 Å². The Hall–Kier alpha value is -1.79. The maximum absolute atomic E-state index is 12.0. The number of aldehydes is 1. The van der Waals surface area contributed by atoms with Gasteiger partial charge in [-0.1, -0.05) is 0 Å². The number of likely N-dealkylation sites (tertiary alicyclic amines) is 1. The number of nitrogens with zero attached hydrogens (tertiary/aromatic N) is 2. The van der Waals surface area contributed by atoms with Crippen molar-refractivity contribution in [2.45, 2.75) is 39.2 Å². The lowest BCUT2D eigenvalue weighted by molar-refractivity contribution is 0.0724. The molecule has 23 heavy (non-hydrogen) atoms. The lowest BCUT2D eigenvalue weighted by atomic mass is 10.1. The summed E-state index contributed by atoms with van der Waals surface area (Å²) >= 11 is 0. The first-order valence-corrected chi connectivity index (χ1v) is 7.75. The maximum Gasteiger partial charge on any atom is 0.255 e. The SMILES string of the molecule is CO.COC(C)C.O=Cc1cncc(C(=O)N2CCCCC2)c1. The molecule has 0 aliphatic carbocycles. The highest BCUT2D eigenvalue weighted by molar-refractivity contribution is 5.95. The minimum Gasteiger partial charge on any atom is -0.400 e. The first kappa shape index (κ1) is 21.2. The normalized spacial score (nSPS) is 13.4. The zero-order valence-corrected chi connectivity index (χ0v) is 14.5. The number of amides is 1. The highest BCUT2D eigenvalue weighted by atomic mass is 16.5. The van der Waals surface area contributed by atoms with Crippen LogP contribution < -0.4 is 0 Å². The Morgan fingerprint density at radius 1 is 1.26 bits per heavy atom. The van der Waals surface area contributed by atoms with Gasteiger partial charge in [-0.15, -0.1) is 0 Å². The van der Waals surface area contributed by atoms with Crippen molar-refractivity contribution < 1.29 is 19.4 Å². The molecule has 1 amide bonds. The Bertz CT molecular complexity index is 458. The number of aliphatic hydroxyl groups excluding tert-OH is 1. The van der Waals surface area contributed by atoms with Crippen LogP contribution in [-0.4, -0.2) is 60.6 Å². The highest BCUT2D eigenvalue weighted by Crippen LogP contribution is 2.13. The van der Waals surface area contributed by atoms with Crippen molar-refractivity contribution in [3.05, 3.63) is 29.6 Å². The molecule has 0 bridgehead atoms. The van der Waals surface area contributed by atoms with Crippen molar-refractivity contribution in [1.29, 1.82) is 0 Å². The van der Waals surface area contributed by atoms with Gasteiger partial charge in [-0.2, -0.15) is 0 Å². The average molecular weight is 324 g/mol. The topological polar surface area (TPSA) is 79.7 Å². The Morgan fingerprint density at radius 2 is 1.83 bits per heavy atom.